The summed E-state index contributed by atoms with van der Waals surface area (Å²) in [5.74, 6) is -1.49. The van der Waals surface area contributed by atoms with E-state index in [9.17, 15) is 9.18 Å². The second kappa shape index (κ2) is 4.92. The van der Waals surface area contributed by atoms with E-state index in [1.165, 1.54) is 18.2 Å². The lowest BCUT2D eigenvalue weighted by atomic mass is 10.3. The lowest BCUT2D eigenvalue weighted by Crippen LogP contribution is -2.08. The van der Waals surface area contributed by atoms with Crippen molar-refractivity contribution in [1.82, 2.24) is 4.98 Å². The van der Waals surface area contributed by atoms with E-state index in [1.807, 2.05) is 0 Å². The minimum absolute atomic E-state index is 0.144. The van der Waals surface area contributed by atoms with Gasteiger partial charge >= 0.3 is 5.97 Å². The molecule has 0 radical (unpaired) electrons. The van der Waals surface area contributed by atoms with Gasteiger partial charge in [-0.05, 0) is 19.1 Å². The van der Waals surface area contributed by atoms with E-state index in [0.717, 1.165) is 11.3 Å². The van der Waals surface area contributed by atoms with E-state index in [4.69, 9.17) is 0 Å². The van der Waals surface area contributed by atoms with Crippen LogP contribution in [0.1, 0.15) is 15.5 Å². The predicted molar refractivity (Wildman–Crippen MR) is 59.3 cm³/mol. The fourth-order valence-electron chi connectivity index (χ4n) is 1.08. The van der Waals surface area contributed by atoms with Crippen molar-refractivity contribution >= 4 is 17.3 Å². The first kappa shape index (κ1) is 11.5. The Hall–Kier alpha value is -1.95. The number of halogens is 1. The molecule has 0 saturated carbocycles. The Balaban J connectivity index is 1.99. The molecule has 0 fully saturated rings. The second-order valence-corrected chi connectivity index (χ2v) is 4.04. The van der Waals surface area contributed by atoms with Gasteiger partial charge in [-0.2, -0.15) is 0 Å². The first-order valence-corrected chi connectivity index (χ1v) is 5.60. The van der Waals surface area contributed by atoms with Crippen molar-refractivity contribution in [2.45, 2.75) is 6.92 Å². The van der Waals surface area contributed by atoms with Gasteiger partial charge in [-0.3, -0.25) is 4.89 Å². The summed E-state index contributed by atoms with van der Waals surface area (Å²) in [4.78, 5) is 24.4. The van der Waals surface area contributed by atoms with Gasteiger partial charge in [0.15, 0.2) is 5.82 Å². The average molecular weight is 253 g/mol. The maximum atomic E-state index is 13.1. The number of aromatic nitrogens is 1. The van der Waals surface area contributed by atoms with Crippen LogP contribution in [0.25, 0.3) is 0 Å². The summed E-state index contributed by atoms with van der Waals surface area (Å²) < 4.78 is 13.1. The number of carbonyl (C=O) groups is 1. The molecule has 0 aliphatic carbocycles. The smallest absolute Gasteiger partial charge is 0.283 e. The fraction of sp³-hybridized carbons (Fsp3) is 0.0909. The van der Waals surface area contributed by atoms with Gasteiger partial charge in [0.1, 0.15) is 0 Å². The summed E-state index contributed by atoms with van der Waals surface area (Å²) in [6, 6.07) is 5.64. The third-order valence-corrected chi connectivity index (χ3v) is 2.78. The molecule has 0 atom stereocenters. The van der Waals surface area contributed by atoms with Crippen LogP contribution < -0.4 is 4.89 Å². The molecule has 88 valence electrons. The van der Waals surface area contributed by atoms with Crippen molar-refractivity contribution in [3.63, 3.8) is 0 Å². The molecule has 6 heteroatoms. The minimum Gasteiger partial charge on any atom is -0.283 e. The number of carbonyl (C=O) groups excluding carboxylic acids is 1. The number of benzene rings is 1. The van der Waals surface area contributed by atoms with E-state index in [0.29, 0.717) is 5.69 Å². The monoisotopic (exact) mass is 253 g/mol. The van der Waals surface area contributed by atoms with Gasteiger partial charge in [0.05, 0.1) is 0 Å². The standard InChI is InChI=1S/C11H8FNO3S/c1-7-6-17-10(13-7)11(14)16-15-9-5-3-2-4-8(9)12/h2-6H,1H3. The molecule has 17 heavy (non-hydrogen) atoms. The summed E-state index contributed by atoms with van der Waals surface area (Å²) in [7, 11) is 0. The van der Waals surface area contributed by atoms with Crippen LogP contribution >= 0.6 is 11.3 Å². The lowest BCUT2D eigenvalue weighted by Gasteiger charge is -2.02. The third-order valence-electron chi connectivity index (χ3n) is 1.84. The quantitative estimate of drug-likeness (QED) is 0.623. The number of aryl methyl sites for hydroxylation is 1. The fourth-order valence-corrected chi connectivity index (χ4v) is 1.74. The van der Waals surface area contributed by atoms with E-state index in [-0.39, 0.29) is 10.8 Å². The number of para-hydroxylation sites is 1. The highest BCUT2D eigenvalue weighted by Gasteiger charge is 2.14. The van der Waals surface area contributed by atoms with Crippen LogP contribution in [0.4, 0.5) is 4.39 Å². The maximum Gasteiger partial charge on any atom is 0.414 e. The van der Waals surface area contributed by atoms with E-state index < -0.39 is 11.8 Å². The highest BCUT2D eigenvalue weighted by atomic mass is 32.1. The largest absolute Gasteiger partial charge is 0.414 e. The Labute approximate surface area is 101 Å². The molecule has 0 aliphatic heterocycles. The maximum absolute atomic E-state index is 13.1. The van der Waals surface area contributed by atoms with Gasteiger partial charge in [-0.25, -0.2) is 19.1 Å². The molecule has 0 amide bonds. The molecule has 2 aromatic rings. The Morgan fingerprint density at radius 3 is 2.82 bits per heavy atom. The van der Waals surface area contributed by atoms with Crippen LogP contribution in [0.15, 0.2) is 29.6 Å². The highest BCUT2D eigenvalue weighted by molar-refractivity contribution is 7.11. The first-order valence-electron chi connectivity index (χ1n) is 4.72. The van der Waals surface area contributed by atoms with Crippen molar-refractivity contribution in [3.8, 4) is 5.75 Å². The van der Waals surface area contributed by atoms with Crippen LogP contribution in [-0.4, -0.2) is 11.0 Å². The topological polar surface area (TPSA) is 48.4 Å². The van der Waals surface area contributed by atoms with Gasteiger partial charge in [0.2, 0.25) is 10.8 Å². The van der Waals surface area contributed by atoms with Crippen LogP contribution in [0.5, 0.6) is 5.75 Å². The average Bonchev–Trinajstić information content (AvgIpc) is 2.74. The molecule has 0 saturated heterocycles. The predicted octanol–water partition coefficient (Wildman–Crippen LogP) is 2.74. The summed E-state index contributed by atoms with van der Waals surface area (Å²) in [5, 5.41) is 1.87. The molecule has 0 spiro atoms. The molecular formula is C11H8FNO3S. The van der Waals surface area contributed by atoms with Gasteiger partial charge in [0, 0.05) is 11.1 Å². The van der Waals surface area contributed by atoms with Crippen molar-refractivity contribution in [2.24, 2.45) is 0 Å². The molecule has 0 bridgehead atoms. The molecule has 0 unspecified atom stereocenters. The number of rotatable bonds is 3. The molecule has 0 N–H and O–H groups in total. The minimum atomic E-state index is -0.744. The van der Waals surface area contributed by atoms with E-state index in [1.54, 1.807) is 18.4 Å². The van der Waals surface area contributed by atoms with Gasteiger partial charge in [-0.15, -0.1) is 11.3 Å². The van der Waals surface area contributed by atoms with Crippen molar-refractivity contribution < 1.29 is 19.0 Å². The zero-order valence-electron chi connectivity index (χ0n) is 8.84. The van der Waals surface area contributed by atoms with Crippen LogP contribution in [0, 0.1) is 12.7 Å². The van der Waals surface area contributed by atoms with Gasteiger partial charge in [-0.1, -0.05) is 12.1 Å². The second-order valence-electron chi connectivity index (χ2n) is 3.18. The first-order chi connectivity index (χ1) is 8.16. The Bertz CT molecular complexity index is 541. The Morgan fingerprint density at radius 2 is 2.18 bits per heavy atom. The van der Waals surface area contributed by atoms with Crippen molar-refractivity contribution in [3.05, 3.63) is 46.2 Å². The summed E-state index contributed by atoms with van der Waals surface area (Å²) in [6.45, 7) is 1.75. The Morgan fingerprint density at radius 1 is 1.41 bits per heavy atom. The molecule has 1 aromatic heterocycles. The molecule has 1 aromatic carbocycles. The highest BCUT2D eigenvalue weighted by Crippen LogP contribution is 2.17. The summed E-state index contributed by atoms with van der Waals surface area (Å²) in [5.41, 5.74) is 0.716. The summed E-state index contributed by atoms with van der Waals surface area (Å²) in [6.07, 6.45) is 0. The molecule has 4 nitrogen and oxygen atoms in total. The van der Waals surface area contributed by atoms with Crippen molar-refractivity contribution in [2.75, 3.05) is 0 Å². The van der Waals surface area contributed by atoms with Gasteiger partial charge in [0.25, 0.3) is 0 Å². The molecular weight excluding hydrogens is 245 g/mol. The number of hydrogen-bond donors (Lipinski definition) is 0. The molecule has 0 aliphatic rings. The third kappa shape index (κ3) is 2.79. The zero-order chi connectivity index (χ0) is 12.3. The number of hydrogen-bond acceptors (Lipinski definition) is 5. The lowest BCUT2D eigenvalue weighted by molar-refractivity contribution is -0.151. The van der Waals surface area contributed by atoms with Crippen LogP contribution in [-0.2, 0) is 4.89 Å². The number of nitrogens with zero attached hydrogens (tertiary/aromatic N) is 1. The van der Waals surface area contributed by atoms with E-state index in [2.05, 4.69) is 14.8 Å². The molecule has 2 rings (SSSR count). The van der Waals surface area contributed by atoms with E-state index >= 15 is 0 Å². The molecule has 1 heterocycles. The normalized spacial score (nSPS) is 10.0. The summed E-state index contributed by atoms with van der Waals surface area (Å²) >= 11 is 1.14. The zero-order valence-corrected chi connectivity index (χ0v) is 9.66. The van der Waals surface area contributed by atoms with Crippen molar-refractivity contribution in [1.29, 1.82) is 0 Å². The SMILES string of the molecule is Cc1csc(C(=O)OOc2ccccc2F)n1. The van der Waals surface area contributed by atoms with Crippen LogP contribution in [0.3, 0.4) is 0 Å². The van der Waals surface area contributed by atoms with Gasteiger partial charge < -0.3 is 0 Å². The number of thiazole rings is 1. The van der Waals surface area contributed by atoms with Crippen LogP contribution in [0.2, 0.25) is 0 Å². The Kier molecular flexibility index (Phi) is 3.34.